The second kappa shape index (κ2) is 6.49. The van der Waals surface area contributed by atoms with Gasteiger partial charge in [0.25, 0.3) is 0 Å². The SMILES string of the molecule is CCOC(=O)c1csc2ncnc(N3CCC(C(=O)O)CC3)c12. The van der Waals surface area contributed by atoms with Gasteiger partial charge in [-0.05, 0) is 19.8 Å². The highest BCUT2D eigenvalue weighted by Crippen LogP contribution is 2.33. The second-order valence-corrected chi connectivity index (χ2v) is 6.20. The fourth-order valence-electron chi connectivity index (χ4n) is 2.80. The molecule has 8 heteroatoms. The van der Waals surface area contributed by atoms with Crippen molar-refractivity contribution in [2.24, 2.45) is 5.92 Å². The highest BCUT2D eigenvalue weighted by molar-refractivity contribution is 7.17. The number of nitrogens with zero attached hydrogens (tertiary/aromatic N) is 3. The Morgan fingerprint density at radius 2 is 2.13 bits per heavy atom. The van der Waals surface area contributed by atoms with Crippen molar-refractivity contribution in [3.05, 3.63) is 17.3 Å². The van der Waals surface area contributed by atoms with E-state index >= 15 is 0 Å². The Morgan fingerprint density at radius 1 is 1.39 bits per heavy atom. The number of thiophene rings is 1. The Hall–Kier alpha value is -2.22. The molecule has 1 fully saturated rings. The molecule has 0 aliphatic carbocycles. The molecule has 2 aromatic rings. The molecule has 0 atom stereocenters. The normalized spacial score (nSPS) is 15.8. The predicted molar refractivity (Wildman–Crippen MR) is 85.9 cm³/mol. The Balaban J connectivity index is 1.93. The van der Waals surface area contributed by atoms with Crippen LogP contribution in [0.4, 0.5) is 5.82 Å². The zero-order valence-corrected chi connectivity index (χ0v) is 13.5. The van der Waals surface area contributed by atoms with E-state index in [0.717, 1.165) is 4.83 Å². The summed E-state index contributed by atoms with van der Waals surface area (Å²) in [5, 5.41) is 11.5. The summed E-state index contributed by atoms with van der Waals surface area (Å²) in [6.07, 6.45) is 2.62. The number of carboxylic acids is 1. The highest BCUT2D eigenvalue weighted by atomic mass is 32.1. The first-order valence-corrected chi connectivity index (χ1v) is 8.36. The standard InChI is InChI=1S/C15H17N3O4S/c1-2-22-15(21)10-7-23-13-11(10)12(16-8-17-13)18-5-3-9(4-6-18)14(19)20/h7-9H,2-6H2,1H3,(H,19,20). The van der Waals surface area contributed by atoms with Gasteiger partial charge in [-0.15, -0.1) is 11.3 Å². The minimum atomic E-state index is -0.750. The molecule has 0 unspecified atom stereocenters. The monoisotopic (exact) mass is 335 g/mol. The maximum Gasteiger partial charge on any atom is 0.339 e. The number of hydrogen-bond acceptors (Lipinski definition) is 7. The summed E-state index contributed by atoms with van der Waals surface area (Å²) < 4.78 is 5.10. The molecular formula is C15H17N3O4S. The first kappa shape index (κ1) is 15.7. The molecule has 122 valence electrons. The third-order valence-corrected chi connectivity index (χ3v) is 4.88. The lowest BCUT2D eigenvalue weighted by molar-refractivity contribution is -0.142. The molecule has 7 nitrogen and oxygen atoms in total. The number of aliphatic carboxylic acids is 1. The maximum atomic E-state index is 12.1. The molecule has 0 bridgehead atoms. The van der Waals surface area contributed by atoms with E-state index in [1.165, 1.54) is 17.7 Å². The summed E-state index contributed by atoms with van der Waals surface area (Å²) in [6, 6.07) is 0. The number of carbonyl (C=O) groups excluding carboxylic acids is 1. The van der Waals surface area contributed by atoms with Gasteiger partial charge >= 0.3 is 11.9 Å². The third kappa shape index (κ3) is 2.98. The average Bonchev–Trinajstić information content (AvgIpc) is 2.99. The van der Waals surface area contributed by atoms with Crippen molar-refractivity contribution in [1.29, 1.82) is 0 Å². The van der Waals surface area contributed by atoms with Gasteiger partial charge < -0.3 is 14.7 Å². The van der Waals surface area contributed by atoms with Crippen LogP contribution in [0.1, 0.15) is 30.1 Å². The predicted octanol–water partition coefficient (Wildman–Crippen LogP) is 2.17. The number of hydrogen-bond donors (Lipinski definition) is 1. The number of fused-ring (bicyclic) bond motifs is 1. The number of anilines is 1. The van der Waals surface area contributed by atoms with Gasteiger partial charge in [0.1, 0.15) is 17.0 Å². The van der Waals surface area contributed by atoms with E-state index < -0.39 is 5.97 Å². The van der Waals surface area contributed by atoms with Crippen molar-refractivity contribution in [2.75, 3.05) is 24.6 Å². The molecule has 0 spiro atoms. The van der Waals surface area contributed by atoms with Gasteiger partial charge in [0, 0.05) is 18.5 Å². The van der Waals surface area contributed by atoms with Crippen molar-refractivity contribution in [3.8, 4) is 0 Å². The molecule has 0 aromatic carbocycles. The topological polar surface area (TPSA) is 92.6 Å². The number of piperidine rings is 1. The van der Waals surface area contributed by atoms with Crippen molar-refractivity contribution in [3.63, 3.8) is 0 Å². The first-order valence-electron chi connectivity index (χ1n) is 7.49. The Morgan fingerprint density at radius 3 is 2.78 bits per heavy atom. The van der Waals surface area contributed by atoms with E-state index in [-0.39, 0.29) is 11.9 Å². The van der Waals surface area contributed by atoms with Crippen molar-refractivity contribution >= 4 is 39.3 Å². The molecule has 1 saturated heterocycles. The van der Waals surface area contributed by atoms with Crippen LogP contribution in [0.15, 0.2) is 11.7 Å². The fourth-order valence-corrected chi connectivity index (χ4v) is 3.67. The van der Waals surface area contributed by atoms with E-state index in [1.807, 2.05) is 4.90 Å². The fraction of sp³-hybridized carbons (Fsp3) is 0.467. The molecule has 0 amide bonds. The maximum absolute atomic E-state index is 12.1. The third-order valence-electron chi connectivity index (χ3n) is 3.99. The number of ether oxygens (including phenoxy) is 1. The zero-order chi connectivity index (χ0) is 16.4. The van der Waals surface area contributed by atoms with Crippen LogP contribution in [0, 0.1) is 5.92 Å². The van der Waals surface area contributed by atoms with Gasteiger partial charge in [-0.1, -0.05) is 0 Å². The molecule has 1 aliphatic heterocycles. The summed E-state index contributed by atoms with van der Waals surface area (Å²) in [7, 11) is 0. The van der Waals surface area contributed by atoms with Gasteiger partial charge in [-0.25, -0.2) is 14.8 Å². The van der Waals surface area contributed by atoms with Crippen molar-refractivity contribution in [2.45, 2.75) is 19.8 Å². The summed E-state index contributed by atoms with van der Waals surface area (Å²) in [6.45, 7) is 3.27. The number of carboxylic acid groups (broad SMARTS) is 1. The van der Waals surface area contributed by atoms with Crippen molar-refractivity contribution in [1.82, 2.24) is 9.97 Å². The average molecular weight is 335 g/mol. The van der Waals surface area contributed by atoms with E-state index in [4.69, 9.17) is 9.84 Å². The van der Waals surface area contributed by atoms with Gasteiger partial charge in [0.05, 0.1) is 23.5 Å². The van der Waals surface area contributed by atoms with Gasteiger partial charge in [0.15, 0.2) is 0 Å². The van der Waals surface area contributed by atoms with Crippen LogP contribution in [0.3, 0.4) is 0 Å². The van der Waals surface area contributed by atoms with Gasteiger partial charge in [-0.3, -0.25) is 4.79 Å². The van der Waals surface area contributed by atoms with Crippen LogP contribution in [0.2, 0.25) is 0 Å². The number of carbonyl (C=O) groups is 2. The molecule has 0 radical (unpaired) electrons. The quantitative estimate of drug-likeness (QED) is 0.856. The summed E-state index contributed by atoms with van der Waals surface area (Å²) in [5.74, 6) is -0.755. The molecule has 2 aromatic heterocycles. The highest BCUT2D eigenvalue weighted by Gasteiger charge is 2.28. The molecule has 1 N–H and O–H groups in total. The van der Waals surface area contributed by atoms with Crippen LogP contribution in [-0.4, -0.2) is 46.7 Å². The molecule has 3 heterocycles. The summed E-state index contributed by atoms with van der Waals surface area (Å²) in [4.78, 5) is 34.5. The molecule has 0 saturated carbocycles. The van der Waals surface area contributed by atoms with E-state index in [9.17, 15) is 9.59 Å². The largest absolute Gasteiger partial charge is 0.481 e. The lowest BCUT2D eigenvalue weighted by atomic mass is 9.97. The number of aromatic nitrogens is 2. The number of rotatable bonds is 4. The van der Waals surface area contributed by atoms with Crippen LogP contribution in [0.5, 0.6) is 0 Å². The summed E-state index contributed by atoms with van der Waals surface area (Å²) in [5.41, 5.74) is 0.475. The van der Waals surface area contributed by atoms with Crippen LogP contribution in [0.25, 0.3) is 10.2 Å². The molecule has 23 heavy (non-hydrogen) atoms. The second-order valence-electron chi connectivity index (χ2n) is 5.35. The van der Waals surface area contributed by atoms with Crippen LogP contribution in [-0.2, 0) is 9.53 Å². The van der Waals surface area contributed by atoms with Crippen LogP contribution < -0.4 is 4.90 Å². The van der Waals surface area contributed by atoms with Crippen LogP contribution >= 0.6 is 11.3 Å². The smallest absolute Gasteiger partial charge is 0.339 e. The molecule has 1 aliphatic rings. The minimum Gasteiger partial charge on any atom is -0.481 e. The van der Waals surface area contributed by atoms with E-state index in [1.54, 1.807) is 12.3 Å². The minimum absolute atomic E-state index is 0.309. The van der Waals surface area contributed by atoms with Crippen molar-refractivity contribution < 1.29 is 19.4 Å². The van der Waals surface area contributed by atoms with Gasteiger partial charge in [-0.2, -0.15) is 0 Å². The lowest BCUT2D eigenvalue weighted by Crippen LogP contribution is -2.37. The molecular weight excluding hydrogens is 318 g/mol. The molecule has 3 rings (SSSR count). The number of esters is 1. The lowest BCUT2D eigenvalue weighted by Gasteiger charge is -2.31. The summed E-state index contributed by atoms with van der Waals surface area (Å²) >= 11 is 1.38. The Bertz CT molecular complexity index is 737. The van der Waals surface area contributed by atoms with E-state index in [2.05, 4.69) is 9.97 Å². The Kier molecular flexibility index (Phi) is 4.42. The van der Waals surface area contributed by atoms with E-state index in [0.29, 0.717) is 49.3 Å². The zero-order valence-electron chi connectivity index (χ0n) is 12.7. The Labute approximate surface area is 136 Å². The van der Waals surface area contributed by atoms with Gasteiger partial charge in [0.2, 0.25) is 0 Å². The first-order chi connectivity index (χ1) is 11.1.